The summed E-state index contributed by atoms with van der Waals surface area (Å²) in [4.78, 5) is 38.1. The topological polar surface area (TPSA) is 78.9 Å². The molecule has 0 aromatic rings. The Morgan fingerprint density at radius 2 is 0.524 bits per heavy atom. The molecule has 0 saturated carbocycles. The van der Waals surface area contributed by atoms with Gasteiger partial charge in [-0.15, -0.1) is 0 Å². The standard InChI is InChI=1S/C57H106O6/c1-4-7-10-13-16-19-22-25-28-31-34-37-40-43-46-49-55(58)61-52-54(63-57(60)51-48-45-42-39-36-33-30-27-24-21-18-15-12-9-6-3)53-62-56(59)50-47-44-41-38-35-32-29-26-23-20-17-14-11-8-5-2/h19,22,26,29,54H,4-18,20-21,23-25,27-28,30-53H2,1-3H3/t54-/m1/s1. The second kappa shape index (κ2) is 52.5. The first-order valence-electron chi connectivity index (χ1n) is 27.8. The minimum absolute atomic E-state index is 0.0721. The van der Waals surface area contributed by atoms with Crippen molar-refractivity contribution in [1.82, 2.24) is 0 Å². The molecular weight excluding hydrogens is 781 g/mol. The fourth-order valence-electron chi connectivity index (χ4n) is 8.20. The van der Waals surface area contributed by atoms with Gasteiger partial charge in [-0.3, -0.25) is 14.4 Å². The molecule has 0 unspecified atom stereocenters. The highest BCUT2D eigenvalue weighted by molar-refractivity contribution is 5.71. The first-order valence-corrected chi connectivity index (χ1v) is 27.8. The van der Waals surface area contributed by atoms with Crippen LogP contribution in [0.3, 0.4) is 0 Å². The molecule has 0 rings (SSSR count). The van der Waals surface area contributed by atoms with E-state index in [1.165, 1.54) is 199 Å². The van der Waals surface area contributed by atoms with Crippen LogP contribution in [0, 0.1) is 0 Å². The van der Waals surface area contributed by atoms with Crippen molar-refractivity contribution in [1.29, 1.82) is 0 Å². The third-order valence-corrected chi connectivity index (χ3v) is 12.4. The molecule has 6 heteroatoms. The first-order chi connectivity index (χ1) is 31.0. The van der Waals surface area contributed by atoms with Crippen LogP contribution in [-0.4, -0.2) is 37.2 Å². The second-order valence-electron chi connectivity index (χ2n) is 18.8. The third kappa shape index (κ3) is 50.7. The van der Waals surface area contributed by atoms with Crippen LogP contribution in [0.1, 0.15) is 303 Å². The molecule has 370 valence electrons. The maximum Gasteiger partial charge on any atom is 0.306 e. The molecule has 0 bridgehead atoms. The van der Waals surface area contributed by atoms with E-state index in [4.69, 9.17) is 14.2 Å². The van der Waals surface area contributed by atoms with Crippen molar-refractivity contribution in [2.24, 2.45) is 0 Å². The minimum Gasteiger partial charge on any atom is -0.462 e. The van der Waals surface area contributed by atoms with E-state index in [-0.39, 0.29) is 31.1 Å². The summed E-state index contributed by atoms with van der Waals surface area (Å²) in [5.74, 6) is -0.867. The zero-order valence-corrected chi connectivity index (χ0v) is 42.4. The maximum absolute atomic E-state index is 12.8. The number of hydrogen-bond acceptors (Lipinski definition) is 6. The third-order valence-electron chi connectivity index (χ3n) is 12.4. The summed E-state index contributed by atoms with van der Waals surface area (Å²) < 4.78 is 16.8. The van der Waals surface area contributed by atoms with Gasteiger partial charge in [-0.25, -0.2) is 0 Å². The van der Waals surface area contributed by atoms with Crippen LogP contribution in [0.4, 0.5) is 0 Å². The zero-order valence-electron chi connectivity index (χ0n) is 42.4. The number of unbranched alkanes of at least 4 members (excludes halogenated alkanes) is 36. The predicted molar refractivity (Wildman–Crippen MR) is 270 cm³/mol. The van der Waals surface area contributed by atoms with Crippen molar-refractivity contribution in [2.45, 2.75) is 309 Å². The van der Waals surface area contributed by atoms with E-state index in [1.807, 2.05) is 0 Å². The molecule has 6 nitrogen and oxygen atoms in total. The van der Waals surface area contributed by atoms with Crippen molar-refractivity contribution < 1.29 is 28.6 Å². The minimum atomic E-state index is -0.772. The van der Waals surface area contributed by atoms with E-state index >= 15 is 0 Å². The largest absolute Gasteiger partial charge is 0.462 e. The van der Waals surface area contributed by atoms with Gasteiger partial charge in [0.15, 0.2) is 6.10 Å². The van der Waals surface area contributed by atoms with Gasteiger partial charge in [0.25, 0.3) is 0 Å². The van der Waals surface area contributed by atoms with Crippen molar-refractivity contribution in [2.75, 3.05) is 13.2 Å². The van der Waals surface area contributed by atoms with E-state index < -0.39 is 6.10 Å². The Morgan fingerprint density at radius 1 is 0.302 bits per heavy atom. The number of carbonyl (C=O) groups is 3. The van der Waals surface area contributed by atoms with Gasteiger partial charge in [-0.05, 0) is 70.6 Å². The van der Waals surface area contributed by atoms with E-state index in [9.17, 15) is 14.4 Å². The maximum atomic E-state index is 12.8. The van der Waals surface area contributed by atoms with E-state index in [2.05, 4.69) is 45.1 Å². The van der Waals surface area contributed by atoms with Gasteiger partial charge in [-0.1, -0.05) is 238 Å². The number of hydrogen-bond donors (Lipinski definition) is 0. The molecule has 0 aliphatic rings. The van der Waals surface area contributed by atoms with E-state index in [0.717, 1.165) is 64.2 Å². The van der Waals surface area contributed by atoms with Crippen LogP contribution in [-0.2, 0) is 28.6 Å². The monoisotopic (exact) mass is 887 g/mol. The molecule has 0 radical (unpaired) electrons. The van der Waals surface area contributed by atoms with E-state index in [0.29, 0.717) is 19.3 Å². The Bertz CT molecular complexity index is 1020. The summed E-state index contributed by atoms with van der Waals surface area (Å²) in [6.07, 6.45) is 60.1. The van der Waals surface area contributed by atoms with Crippen LogP contribution >= 0.6 is 0 Å². The smallest absolute Gasteiger partial charge is 0.306 e. The summed E-state index contributed by atoms with van der Waals surface area (Å²) >= 11 is 0. The molecule has 0 aromatic carbocycles. The lowest BCUT2D eigenvalue weighted by Crippen LogP contribution is -2.30. The number of allylic oxidation sites excluding steroid dienone is 4. The number of ether oxygens (including phenoxy) is 3. The van der Waals surface area contributed by atoms with Crippen LogP contribution in [0.25, 0.3) is 0 Å². The normalized spacial score (nSPS) is 12.1. The quantitative estimate of drug-likeness (QED) is 0.0262. The van der Waals surface area contributed by atoms with E-state index in [1.54, 1.807) is 0 Å². The summed E-state index contributed by atoms with van der Waals surface area (Å²) in [6.45, 7) is 6.65. The average Bonchev–Trinajstić information content (AvgIpc) is 3.28. The highest BCUT2D eigenvalue weighted by Crippen LogP contribution is 2.16. The Hall–Kier alpha value is -2.11. The SMILES string of the molecule is CCCCCCC=CCCCCCCCCCC(=O)OC[C@H](COC(=O)CCCCCCCC=CCCCCCCCC)OC(=O)CCCCCCCCCCCCCCCCC. The summed E-state index contributed by atoms with van der Waals surface area (Å²) in [5, 5.41) is 0. The fourth-order valence-corrected chi connectivity index (χ4v) is 8.20. The molecule has 63 heavy (non-hydrogen) atoms. The van der Waals surface area contributed by atoms with Gasteiger partial charge in [0, 0.05) is 19.3 Å². The van der Waals surface area contributed by atoms with Crippen LogP contribution in [0.15, 0.2) is 24.3 Å². The summed E-state index contributed by atoms with van der Waals surface area (Å²) in [5.41, 5.74) is 0. The second-order valence-corrected chi connectivity index (χ2v) is 18.8. The first kappa shape index (κ1) is 60.9. The Morgan fingerprint density at radius 3 is 0.810 bits per heavy atom. The van der Waals surface area contributed by atoms with Gasteiger partial charge < -0.3 is 14.2 Å². The van der Waals surface area contributed by atoms with Crippen LogP contribution in [0.5, 0.6) is 0 Å². The van der Waals surface area contributed by atoms with Crippen molar-refractivity contribution in [3.05, 3.63) is 24.3 Å². The predicted octanol–water partition coefficient (Wildman–Crippen LogP) is 18.3. The lowest BCUT2D eigenvalue weighted by molar-refractivity contribution is -0.167. The number of esters is 3. The zero-order chi connectivity index (χ0) is 45.8. The van der Waals surface area contributed by atoms with Crippen LogP contribution < -0.4 is 0 Å². The van der Waals surface area contributed by atoms with Gasteiger partial charge in [-0.2, -0.15) is 0 Å². The molecule has 0 aliphatic heterocycles. The highest BCUT2D eigenvalue weighted by Gasteiger charge is 2.19. The summed E-state index contributed by atoms with van der Waals surface area (Å²) in [6, 6.07) is 0. The van der Waals surface area contributed by atoms with Crippen LogP contribution in [0.2, 0.25) is 0 Å². The molecule has 0 heterocycles. The lowest BCUT2D eigenvalue weighted by Gasteiger charge is -2.18. The Balaban J connectivity index is 4.35. The molecule has 0 saturated heterocycles. The van der Waals surface area contributed by atoms with Crippen molar-refractivity contribution in [3.63, 3.8) is 0 Å². The molecule has 1 atom stereocenters. The Labute approximate surface area is 392 Å². The number of carbonyl (C=O) groups excluding carboxylic acids is 3. The molecule has 0 aliphatic carbocycles. The van der Waals surface area contributed by atoms with Gasteiger partial charge in [0.1, 0.15) is 13.2 Å². The molecular formula is C57H106O6. The fraction of sp³-hybridized carbons (Fsp3) is 0.877. The van der Waals surface area contributed by atoms with Gasteiger partial charge in [0.2, 0.25) is 0 Å². The van der Waals surface area contributed by atoms with Gasteiger partial charge in [0.05, 0.1) is 0 Å². The average molecular weight is 887 g/mol. The molecule has 0 fully saturated rings. The molecule has 0 spiro atoms. The highest BCUT2D eigenvalue weighted by atomic mass is 16.6. The molecule has 0 amide bonds. The Kier molecular flexibility index (Phi) is 50.8. The van der Waals surface area contributed by atoms with Gasteiger partial charge >= 0.3 is 17.9 Å². The van der Waals surface area contributed by atoms with Crippen molar-refractivity contribution in [3.8, 4) is 0 Å². The molecule has 0 N–H and O–H groups in total. The summed E-state index contributed by atoms with van der Waals surface area (Å²) in [7, 11) is 0. The molecule has 0 aromatic heterocycles. The number of rotatable bonds is 51. The van der Waals surface area contributed by atoms with Crippen molar-refractivity contribution >= 4 is 17.9 Å². The lowest BCUT2D eigenvalue weighted by atomic mass is 10.0.